The van der Waals surface area contributed by atoms with Gasteiger partial charge in [0.2, 0.25) is 0 Å². The van der Waals surface area contributed by atoms with E-state index in [1.165, 1.54) is 6.07 Å². The Bertz CT molecular complexity index is 385. The van der Waals surface area contributed by atoms with Crippen LogP contribution in [-0.2, 0) is 4.74 Å². The van der Waals surface area contributed by atoms with Gasteiger partial charge in [0, 0.05) is 18.2 Å². The summed E-state index contributed by atoms with van der Waals surface area (Å²) in [6.07, 6.45) is 2.15. The van der Waals surface area contributed by atoms with E-state index in [0.717, 1.165) is 31.6 Å². The monoisotopic (exact) mass is 283 g/mol. The molecule has 1 unspecified atom stereocenters. The highest BCUT2D eigenvalue weighted by atomic mass is 19.1. The van der Waals surface area contributed by atoms with Crippen LogP contribution in [0.4, 0.5) is 4.39 Å². The fraction of sp³-hybridized carbons (Fsp3) is 0.625. The highest BCUT2D eigenvalue weighted by molar-refractivity contribution is 5.37. The van der Waals surface area contributed by atoms with Crippen molar-refractivity contribution in [1.29, 1.82) is 0 Å². The first-order valence-corrected chi connectivity index (χ1v) is 7.43. The fourth-order valence-electron chi connectivity index (χ4n) is 1.99. The Labute approximate surface area is 121 Å². The van der Waals surface area contributed by atoms with Crippen molar-refractivity contribution in [2.24, 2.45) is 0 Å². The van der Waals surface area contributed by atoms with E-state index in [9.17, 15) is 4.39 Å². The van der Waals surface area contributed by atoms with Gasteiger partial charge in [-0.05, 0) is 26.0 Å². The molecule has 1 N–H and O–H groups in total. The maximum absolute atomic E-state index is 13.9. The number of hydrogen-bond donors (Lipinski definition) is 1. The Kier molecular flexibility index (Phi) is 8.23. The van der Waals surface area contributed by atoms with Crippen molar-refractivity contribution in [3.8, 4) is 5.75 Å². The van der Waals surface area contributed by atoms with Crippen LogP contribution in [0.1, 0.15) is 45.2 Å². The lowest BCUT2D eigenvalue weighted by atomic mass is 10.1. The molecule has 1 rings (SSSR count). The van der Waals surface area contributed by atoms with Crippen LogP contribution < -0.4 is 10.1 Å². The summed E-state index contributed by atoms with van der Waals surface area (Å²) in [4.78, 5) is 0. The van der Waals surface area contributed by atoms with Crippen LogP contribution in [0.3, 0.4) is 0 Å². The maximum Gasteiger partial charge on any atom is 0.165 e. The van der Waals surface area contributed by atoms with Crippen LogP contribution in [0.2, 0.25) is 0 Å². The molecular weight excluding hydrogens is 257 g/mol. The SMILES string of the molecule is CCCCOCCOc1c(F)cccc1C(C)NCC. The minimum Gasteiger partial charge on any atom is -0.488 e. The Balaban J connectivity index is 2.54. The van der Waals surface area contributed by atoms with Crippen LogP contribution in [0.5, 0.6) is 5.75 Å². The van der Waals surface area contributed by atoms with E-state index in [-0.39, 0.29) is 11.9 Å². The standard InChI is InChI=1S/C16H26FNO2/c1-4-6-10-19-11-12-20-16-14(13(3)18-5-2)8-7-9-15(16)17/h7-9,13,18H,4-6,10-12H2,1-3H3. The van der Waals surface area contributed by atoms with Crippen LogP contribution >= 0.6 is 0 Å². The Morgan fingerprint density at radius 3 is 2.70 bits per heavy atom. The second-order valence-corrected chi connectivity index (χ2v) is 4.75. The highest BCUT2D eigenvalue weighted by Crippen LogP contribution is 2.28. The van der Waals surface area contributed by atoms with Gasteiger partial charge in [-0.3, -0.25) is 0 Å². The lowest BCUT2D eigenvalue weighted by Crippen LogP contribution is -2.19. The summed E-state index contributed by atoms with van der Waals surface area (Å²) in [6, 6.07) is 5.09. The zero-order chi connectivity index (χ0) is 14.8. The van der Waals surface area contributed by atoms with E-state index in [0.29, 0.717) is 19.0 Å². The summed E-state index contributed by atoms with van der Waals surface area (Å²) in [5.74, 6) is 0.0147. The fourth-order valence-corrected chi connectivity index (χ4v) is 1.99. The molecule has 0 aliphatic heterocycles. The molecule has 114 valence electrons. The lowest BCUT2D eigenvalue weighted by Gasteiger charge is -2.18. The van der Waals surface area contributed by atoms with Crippen molar-refractivity contribution in [2.75, 3.05) is 26.4 Å². The number of halogens is 1. The number of rotatable bonds is 10. The van der Waals surface area contributed by atoms with Gasteiger partial charge < -0.3 is 14.8 Å². The third kappa shape index (κ3) is 5.47. The molecule has 0 spiro atoms. The molecule has 0 heterocycles. The van der Waals surface area contributed by atoms with E-state index in [2.05, 4.69) is 12.2 Å². The molecule has 1 aromatic rings. The maximum atomic E-state index is 13.9. The van der Waals surface area contributed by atoms with E-state index < -0.39 is 0 Å². The second kappa shape index (κ2) is 9.72. The van der Waals surface area contributed by atoms with Gasteiger partial charge in [0.25, 0.3) is 0 Å². The topological polar surface area (TPSA) is 30.5 Å². The molecule has 0 aliphatic carbocycles. The van der Waals surface area contributed by atoms with Crippen molar-refractivity contribution in [1.82, 2.24) is 5.32 Å². The summed E-state index contributed by atoms with van der Waals surface area (Å²) >= 11 is 0. The highest BCUT2D eigenvalue weighted by Gasteiger charge is 2.14. The van der Waals surface area contributed by atoms with Gasteiger partial charge in [-0.25, -0.2) is 4.39 Å². The largest absolute Gasteiger partial charge is 0.488 e. The molecule has 0 fully saturated rings. The summed E-state index contributed by atoms with van der Waals surface area (Å²) < 4.78 is 24.9. The van der Waals surface area contributed by atoms with Gasteiger partial charge in [0.15, 0.2) is 11.6 Å². The third-order valence-electron chi connectivity index (χ3n) is 3.09. The second-order valence-electron chi connectivity index (χ2n) is 4.75. The quantitative estimate of drug-likeness (QED) is 0.664. The molecular formula is C16H26FNO2. The molecule has 20 heavy (non-hydrogen) atoms. The van der Waals surface area contributed by atoms with E-state index in [1.807, 2.05) is 19.9 Å². The van der Waals surface area contributed by atoms with Gasteiger partial charge >= 0.3 is 0 Å². The third-order valence-corrected chi connectivity index (χ3v) is 3.09. The molecule has 0 aromatic heterocycles. The number of hydrogen-bond acceptors (Lipinski definition) is 3. The first-order chi connectivity index (χ1) is 9.70. The number of para-hydroxylation sites is 1. The van der Waals surface area contributed by atoms with Crippen molar-refractivity contribution in [3.63, 3.8) is 0 Å². The van der Waals surface area contributed by atoms with Gasteiger partial charge in [-0.15, -0.1) is 0 Å². The Morgan fingerprint density at radius 2 is 2.00 bits per heavy atom. The van der Waals surface area contributed by atoms with Crippen LogP contribution in [0, 0.1) is 5.82 Å². The minimum absolute atomic E-state index is 0.0618. The summed E-state index contributed by atoms with van der Waals surface area (Å²) in [5, 5.41) is 3.27. The normalized spacial score (nSPS) is 12.4. The van der Waals surface area contributed by atoms with Gasteiger partial charge in [-0.1, -0.05) is 32.4 Å². The molecule has 1 aromatic carbocycles. The Morgan fingerprint density at radius 1 is 1.20 bits per heavy atom. The molecule has 0 radical (unpaired) electrons. The van der Waals surface area contributed by atoms with Crippen LogP contribution in [0.15, 0.2) is 18.2 Å². The van der Waals surface area contributed by atoms with E-state index in [1.54, 1.807) is 6.07 Å². The molecule has 0 saturated carbocycles. The predicted octanol–water partition coefficient (Wildman–Crippen LogP) is 3.69. The van der Waals surface area contributed by atoms with Crippen molar-refractivity contribution >= 4 is 0 Å². The average molecular weight is 283 g/mol. The minimum atomic E-state index is -0.319. The van der Waals surface area contributed by atoms with Gasteiger partial charge in [0.1, 0.15) is 6.61 Å². The smallest absolute Gasteiger partial charge is 0.165 e. The molecule has 1 atom stereocenters. The number of benzene rings is 1. The molecule has 0 aliphatic rings. The number of nitrogens with one attached hydrogen (secondary N) is 1. The van der Waals surface area contributed by atoms with E-state index in [4.69, 9.17) is 9.47 Å². The number of ether oxygens (including phenoxy) is 2. The first kappa shape index (κ1) is 16.9. The molecule has 3 nitrogen and oxygen atoms in total. The molecule has 0 saturated heterocycles. The molecule has 4 heteroatoms. The number of unbranched alkanes of at least 4 members (excludes halogenated alkanes) is 1. The predicted molar refractivity (Wildman–Crippen MR) is 79.7 cm³/mol. The zero-order valence-electron chi connectivity index (χ0n) is 12.7. The van der Waals surface area contributed by atoms with Gasteiger partial charge in [-0.2, -0.15) is 0 Å². The average Bonchev–Trinajstić information content (AvgIpc) is 2.44. The van der Waals surface area contributed by atoms with E-state index >= 15 is 0 Å². The summed E-state index contributed by atoms with van der Waals surface area (Å²) in [5.41, 5.74) is 0.848. The summed E-state index contributed by atoms with van der Waals surface area (Å²) in [6.45, 7) is 8.57. The van der Waals surface area contributed by atoms with Crippen molar-refractivity contribution in [2.45, 2.75) is 39.7 Å². The first-order valence-electron chi connectivity index (χ1n) is 7.43. The lowest BCUT2D eigenvalue weighted by molar-refractivity contribution is 0.0961. The molecule has 0 amide bonds. The van der Waals surface area contributed by atoms with Crippen LogP contribution in [0.25, 0.3) is 0 Å². The molecule has 0 bridgehead atoms. The van der Waals surface area contributed by atoms with Crippen molar-refractivity contribution < 1.29 is 13.9 Å². The Hall–Kier alpha value is -1.13. The summed E-state index contributed by atoms with van der Waals surface area (Å²) in [7, 11) is 0. The van der Waals surface area contributed by atoms with Gasteiger partial charge in [0.05, 0.1) is 6.61 Å². The van der Waals surface area contributed by atoms with Crippen molar-refractivity contribution in [3.05, 3.63) is 29.6 Å². The van der Waals surface area contributed by atoms with Crippen LogP contribution in [-0.4, -0.2) is 26.4 Å². The zero-order valence-corrected chi connectivity index (χ0v) is 12.7.